The predicted octanol–water partition coefficient (Wildman–Crippen LogP) is 5.52. The first-order valence-electron chi connectivity index (χ1n) is 6.10. The number of halogens is 1. The van der Waals surface area contributed by atoms with E-state index in [1.54, 1.807) is 0 Å². The highest BCUT2D eigenvalue weighted by Crippen LogP contribution is 2.36. The van der Waals surface area contributed by atoms with Gasteiger partial charge in [0.2, 0.25) is 0 Å². The minimum atomic E-state index is -1.51. The van der Waals surface area contributed by atoms with Gasteiger partial charge in [-0.3, -0.25) is 0 Å². The smallest absolute Gasteiger partial charge is 0.191 e. The van der Waals surface area contributed by atoms with E-state index in [0.29, 0.717) is 5.04 Å². The second-order valence-electron chi connectivity index (χ2n) is 6.02. The zero-order valence-electron chi connectivity index (χ0n) is 11.7. The summed E-state index contributed by atoms with van der Waals surface area (Å²) in [6.45, 7) is 14.7. The van der Waals surface area contributed by atoms with E-state index < -0.39 is 8.32 Å². The summed E-state index contributed by atoms with van der Waals surface area (Å²) < 4.78 is 8.30. The second kappa shape index (κ2) is 7.16. The quantitative estimate of drug-likeness (QED) is 0.347. The Kier molecular flexibility index (Phi) is 7.45. The molecule has 0 aliphatic rings. The molecule has 3 heteroatoms. The van der Waals surface area contributed by atoms with Crippen molar-refractivity contribution in [2.45, 2.75) is 65.1 Å². The van der Waals surface area contributed by atoms with Gasteiger partial charge in [-0.1, -0.05) is 48.9 Å². The zero-order valence-corrected chi connectivity index (χ0v) is 14.8. The van der Waals surface area contributed by atoms with Gasteiger partial charge in [-0.2, -0.15) is 0 Å². The Bertz CT molecular complexity index is 229. The molecule has 0 saturated carbocycles. The zero-order chi connectivity index (χ0) is 12.8. The van der Waals surface area contributed by atoms with E-state index in [9.17, 15) is 0 Å². The van der Waals surface area contributed by atoms with Gasteiger partial charge in [0.15, 0.2) is 8.32 Å². The number of rotatable bonds is 6. The van der Waals surface area contributed by atoms with Crippen LogP contribution in [0.1, 0.15) is 47.0 Å². The molecule has 1 nitrogen and oxygen atoms in total. The van der Waals surface area contributed by atoms with Crippen LogP contribution < -0.4 is 0 Å². The Balaban J connectivity index is 3.75. The molecule has 0 aromatic rings. The van der Waals surface area contributed by atoms with E-state index >= 15 is 0 Å². The topological polar surface area (TPSA) is 9.23 Å². The molecule has 16 heavy (non-hydrogen) atoms. The molecule has 0 atom stereocenters. The maximum Gasteiger partial charge on any atom is 0.191 e. The molecule has 0 unspecified atom stereocenters. The molecule has 0 heterocycles. The van der Waals surface area contributed by atoms with Gasteiger partial charge in [-0.15, -0.1) is 0 Å². The first-order chi connectivity index (χ1) is 7.20. The number of hydrogen-bond donors (Lipinski definition) is 0. The van der Waals surface area contributed by atoms with Crippen LogP contribution in [-0.2, 0) is 4.43 Å². The van der Waals surface area contributed by atoms with Crippen LogP contribution >= 0.6 is 22.6 Å². The molecule has 0 aliphatic carbocycles. The van der Waals surface area contributed by atoms with Gasteiger partial charge in [0.1, 0.15) is 0 Å². The summed E-state index contributed by atoms with van der Waals surface area (Å²) in [5.74, 6) is 0. The van der Waals surface area contributed by atoms with E-state index in [1.165, 1.54) is 24.8 Å². The lowest BCUT2D eigenvalue weighted by molar-refractivity contribution is 0.279. The van der Waals surface area contributed by atoms with E-state index in [2.05, 4.69) is 67.5 Å². The van der Waals surface area contributed by atoms with Crippen molar-refractivity contribution in [3.05, 3.63) is 9.66 Å². The van der Waals surface area contributed by atoms with Crippen LogP contribution in [0.4, 0.5) is 0 Å². The van der Waals surface area contributed by atoms with Crippen molar-refractivity contribution in [2.24, 2.45) is 0 Å². The molecule has 0 bridgehead atoms. The first-order valence-corrected chi connectivity index (χ1v) is 10.3. The summed E-state index contributed by atoms with van der Waals surface area (Å²) in [6.07, 6.45) is 3.65. The summed E-state index contributed by atoms with van der Waals surface area (Å²) in [7, 11) is -1.51. The van der Waals surface area contributed by atoms with Crippen LogP contribution in [-0.4, -0.2) is 14.9 Å². The first kappa shape index (κ1) is 16.6. The van der Waals surface area contributed by atoms with Crippen LogP contribution in [0.25, 0.3) is 0 Å². The third kappa shape index (κ3) is 6.40. The molecule has 0 fully saturated rings. The fourth-order valence-electron chi connectivity index (χ4n) is 1.10. The summed E-state index contributed by atoms with van der Waals surface area (Å²) in [4.78, 5) is 0. The molecule has 0 saturated heterocycles. The molecule has 0 aliphatic heterocycles. The van der Waals surface area contributed by atoms with Crippen molar-refractivity contribution in [3.63, 3.8) is 0 Å². The SMILES string of the molecule is C/C(=C\I)CCCCO[Si](C)(C)C(C)(C)C. The Morgan fingerprint density at radius 1 is 1.25 bits per heavy atom. The number of hydrogen-bond acceptors (Lipinski definition) is 1. The molecular weight excluding hydrogens is 327 g/mol. The fraction of sp³-hybridized carbons (Fsp3) is 0.846. The lowest BCUT2D eigenvalue weighted by Gasteiger charge is -2.36. The lowest BCUT2D eigenvalue weighted by atomic mass is 10.1. The standard InChI is InChI=1S/C13H27IOSi/c1-12(11-14)9-7-8-10-15-16(5,6)13(2,3)4/h11H,7-10H2,1-6H3/b12-11+. The molecule has 0 aromatic heterocycles. The van der Waals surface area contributed by atoms with Gasteiger partial charge in [-0.05, 0) is 48.4 Å². The number of unbranched alkanes of at least 4 members (excludes halogenated alkanes) is 1. The average Bonchev–Trinajstić information content (AvgIpc) is 2.15. The van der Waals surface area contributed by atoms with Gasteiger partial charge in [0, 0.05) is 6.61 Å². The van der Waals surface area contributed by atoms with Gasteiger partial charge in [-0.25, -0.2) is 0 Å². The van der Waals surface area contributed by atoms with E-state index in [0.717, 1.165) is 6.61 Å². The van der Waals surface area contributed by atoms with Gasteiger partial charge in [0.25, 0.3) is 0 Å². The molecule has 0 radical (unpaired) electrons. The minimum absolute atomic E-state index is 0.338. The molecule has 0 amide bonds. The highest BCUT2D eigenvalue weighted by atomic mass is 127. The molecule has 0 spiro atoms. The predicted molar refractivity (Wildman–Crippen MR) is 84.8 cm³/mol. The van der Waals surface area contributed by atoms with Crippen molar-refractivity contribution in [2.75, 3.05) is 6.61 Å². The van der Waals surface area contributed by atoms with Gasteiger partial charge < -0.3 is 4.43 Å². The van der Waals surface area contributed by atoms with Crippen LogP contribution in [0.2, 0.25) is 18.1 Å². The maximum atomic E-state index is 6.13. The Labute approximate surface area is 116 Å². The molecule has 0 rings (SSSR count). The molecular formula is C13H27IOSi. The lowest BCUT2D eigenvalue weighted by Crippen LogP contribution is -2.40. The summed E-state index contributed by atoms with van der Waals surface area (Å²) in [6, 6.07) is 0. The average molecular weight is 354 g/mol. The molecule has 0 N–H and O–H groups in total. The van der Waals surface area contributed by atoms with Gasteiger partial charge in [0.05, 0.1) is 0 Å². The van der Waals surface area contributed by atoms with Crippen LogP contribution in [0.15, 0.2) is 9.66 Å². The Morgan fingerprint density at radius 2 is 1.81 bits per heavy atom. The monoisotopic (exact) mass is 354 g/mol. The Hall–Kier alpha value is 0.647. The van der Waals surface area contributed by atoms with E-state index in [1.807, 2.05) is 0 Å². The van der Waals surface area contributed by atoms with Crippen LogP contribution in [0.3, 0.4) is 0 Å². The van der Waals surface area contributed by atoms with E-state index in [4.69, 9.17) is 4.43 Å². The van der Waals surface area contributed by atoms with Crippen LogP contribution in [0.5, 0.6) is 0 Å². The van der Waals surface area contributed by atoms with Crippen molar-refractivity contribution in [1.29, 1.82) is 0 Å². The van der Waals surface area contributed by atoms with Crippen LogP contribution in [0, 0.1) is 0 Å². The largest absolute Gasteiger partial charge is 0.417 e. The summed E-state index contributed by atoms with van der Waals surface area (Å²) >= 11 is 2.31. The second-order valence-corrected chi connectivity index (χ2v) is 11.5. The fourth-order valence-corrected chi connectivity index (χ4v) is 2.50. The highest BCUT2D eigenvalue weighted by Gasteiger charge is 2.36. The van der Waals surface area contributed by atoms with Crippen molar-refractivity contribution >= 4 is 30.9 Å². The summed E-state index contributed by atoms with van der Waals surface area (Å²) in [5, 5.41) is 0.338. The summed E-state index contributed by atoms with van der Waals surface area (Å²) in [5.41, 5.74) is 1.48. The minimum Gasteiger partial charge on any atom is -0.417 e. The maximum absolute atomic E-state index is 6.13. The third-order valence-corrected chi connectivity index (χ3v) is 9.02. The highest BCUT2D eigenvalue weighted by molar-refractivity contribution is 14.1. The Morgan fingerprint density at radius 3 is 2.25 bits per heavy atom. The van der Waals surface area contributed by atoms with Crippen molar-refractivity contribution < 1.29 is 4.43 Å². The van der Waals surface area contributed by atoms with E-state index in [-0.39, 0.29) is 0 Å². The van der Waals surface area contributed by atoms with Crippen molar-refractivity contribution in [3.8, 4) is 0 Å². The number of allylic oxidation sites excluding steroid dienone is 1. The van der Waals surface area contributed by atoms with Crippen molar-refractivity contribution in [1.82, 2.24) is 0 Å². The third-order valence-electron chi connectivity index (χ3n) is 3.42. The molecule has 96 valence electrons. The molecule has 0 aromatic carbocycles. The normalized spacial score (nSPS) is 14.3. The van der Waals surface area contributed by atoms with Gasteiger partial charge >= 0.3 is 0 Å².